The minimum absolute atomic E-state index is 0. The molecule has 0 fully saturated rings. The maximum Gasteiger partial charge on any atom is 0.145 e. The van der Waals surface area contributed by atoms with Crippen molar-refractivity contribution in [2.75, 3.05) is 0 Å². The van der Waals surface area contributed by atoms with Crippen LogP contribution in [0.3, 0.4) is 0 Å². The number of benzene rings is 1. The van der Waals surface area contributed by atoms with Crippen molar-refractivity contribution < 1.29 is 4.74 Å². The average molecular weight is 233 g/mol. The summed E-state index contributed by atoms with van der Waals surface area (Å²) in [5.41, 5.74) is 0.385. The van der Waals surface area contributed by atoms with E-state index in [-0.39, 0.29) is 12.4 Å². The molecule has 16 heavy (non-hydrogen) atoms. The van der Waals surface area contributed by atoms with Crippen LogP contribution < -0.4 is 4.74 Å². The van der Waals surface area contributed by atoms with Crippen LogP contribution in [0.2, 0.25) is 0 Å². The van der Waals surface area contributed by atoms with Gasteiger partial charge in [-0.25, -0.2) is 4.98 Å². The molecule has 2 rings (SSSR count). The van der Waals surface area contributed by atoms with Gasteiger partial charge in [0.05, 0.1) is 6.20 Å². The lowest BCUT2D eigenvalue weighted by Crippen LogP contribution is -1.86. The van der Waals surface area contributed by atoms with Crippen LogP contribution in [0.4, 0.5) is 0 Å². The van der Waals surface area contributed by atoms with E-state index >= 15 is 0 Å². The number of hydrogen-bond acceptors (Lipinski definition) is 3. The molecular weight excluding hydrogens is 224 g/mol. The van der Waals surface area contributed by atoms with Crippen molar-refractivity contribution in [3.05, 3.63) is 54.4 Å². The first kappa shape index (κ1) is 12.0. The van der Waals surface area contributed by atoms with Gasteiger partial charge < -0.3 is 4.74 Å². The number of para-hydroxylation sites is 1. The highest BCUT2D eigenvalue weighted by atomic mass is 35.5. The summed E-state index contributed by atoms with van der Waals surface area (Å²) >= 11 is 0. The number of nitriles is 1. The van der Waals surface area contributed by atoms with Crippen molar-refractivity contribution >= 4 is 12.4 Å². The number of halogens is 1. The number of rotatable bonds is 2. The van der Waals surface area contributed by atoms with Crippen molar-refractivity contribution in [3.63, 3.8) is 0 Å². The number of aromatic nitrogens is 1. The first-order chi connectivity index (χ1) is 7.38. The molecular formula is C12H9ClN2O. The third kappa shape index (κ3) is 2.97. The second-order valence-electron chi connectivity index (χ2n) is 2.91. The number of ether oxygens (including phenoxy) is 1. The maximum atomic E-state index is 8.56. The largest absolute Gasteiger partial charge is 0.456 e. The Balaban J connectivity index is 0.00000128. The zero-order chi connectivity index (χ0) is 10.5. The van der Waals surface area contributed by atoms with Gasteiger partial charge in [-0.05, 0) is 24.3 Å². The average Bonchev–Trinajstić information content (AvgIpc) is 2.31. The Hall–Kier alpha value is -2.05. The molecule has 0 aliphatic rings. The van der Waals surface area contributed by atoms with E-state index in [0.29, 0.717) is 11.4 Å². The van der Waals surface area contributed by atoms with Crippen LogP contribution in [-0.4, -0.2) is 4.98 Å². The van der Waals surface area contributed by atoms with Gasteiger partial charge in [-0.1, -0.05) is 18.2 Å². The van der Waals surface area contributed by atoms with Crippen molar-refractivity contribution in [3.8, 4) is 17.6 Å². The molecule has 2 aromatic rings. The summed E-state index contributed by atoms with van der Waals surface area (Å²) in [6.07, 6.45) is 1.53. The van der Waals surface area contributed by atoms with Crippen LogP contribution in [0.25, 0.3) is 0 Å². The van der Waals surface area contributed by atoms with E-state index in [2.05, 4.69) is 4.98 Å². The van der Waals surface area contributed by atoms with Gasteiger partial charge in [-0.15, -0.1) is 12.4 Å². The SMILES string of the molecule is Cl.N#Cc1ccc(Oc2ccccc2)cn1. The standard InChI is InChI=1S/C12H8N2O.ClH/c13-8-10-6-7-12(9-14-10)15-11-4-2-1-3-5-11;/h1-7,9H;1H. The van der Waals surface area contributed by atoms with Crippen LogP contribution in [0.15, 0.2) is 48.7 Å². The van der Waals surface area contributed by atoms with Crippen molar-refractivity contribution in [1.82, 2.24) is 4.98 Å². The van der Waals surface area contributed by atoms with Crippen LogP contribution in [0, 0.1) is 11.3 Å². The number of hydrogen-bond donors (Lipinski definition) is 0. The smallest absolute Gasteiger partial charge is 0.145 e. The van der Waals surface area contributed by atoms with Gasteiger partial charge in [0.25, 0.3) is 0 Å². The molecule has 3 nitrogen and oxygen atoms in total. The fourth-order valence-corrected chi connectivity index (χ4v) is 1.13. The molecule has 1 aromatic carbocycles. The van der Waals surface area contributed by atoms with E-state index in [1.807, 2.05) is 36.4 Å². The van der Waals surface area contributed by atoms with Gasteiger partial charge in [-0.2, -0.15) is 5.26 Å². The lowest BCUT2D eigenvalue weighted by molar-refractivity contribution is 0.480. The third-order valence-corrected chi connectivity index (χ3v) is 1.83. The highest BCUT2D eigenvalue weighted by molar-refractivity contribution is 5.85. The fourth-order valence-electron chi connectivity index (χ4n) is 1.13. The Morgan fingerprint density at radius 3 is 2.31 bits per heavy atom. The molecule has 1 aromatic heterocycles. The molecule has 0 aliphatic heterocycles. The molecule has 0 amide bonds. The van der Waals surface area contributed by atoms with Gasteiger partial charge in [0, 0.05) is 0 Å². The monoisotopic (exact) mass is 232 g/mol. The van der Waals surface area contributed by atoms with E-state index < -0.39 is 0 Å². The van der Waals surface area contributed by atoms with Gasteiger partial charge in [0.1, 0.15) is 23.3 Å². The first-order valence-electron chi connectivity index (χ1n) is 4.47. The molecule has 0 radical (unpaired) electrons. The number of pyridine rings is 1. The second-order valence-corrected chi connectivity index (χ2v) is 2.91. The van der Waals surface area contributed by atoms with Crippen LogP contribution in [0.5, 0.6) is 11.5 Å². The van der Waals surface area contributed by atoms with E-state index in [1.54, 1.807) is 12.1 Å². The topological polar surface area (TPSA) is 45.9 Å². The van der Waals surface area contributed by atoms with Gasteiger partial charge >= 0.3 is 0 Å². The summed E-state index contributed by atoms with van der Waals surface area (Å²) in [4.78, 5) is 3.91. The van der Waals surface area contributed by atoms with Gasteiger partial charge in [0.15, 0.2) is 0 Å². The normalized spacial score (nSPS) is 8.69. The highest BCUT2D eigenvalue weighted by Crippen LogP contribution is 2.19. The molecule has 80 valence electrons. The zero-order valence-electron chi connectivity index (χ0n) is 8.33. The van der Waals surface area contributed by atoms with Crippen LogP contribution in [0.1, 0.15) is 5.69 Å². The second kappa shape index (κ2) is 5.74. The Labute approximate surface area is 99.7 Å². The van der Waals surface area contributed by atoms with Crippen molar-refractivity contribution in [1.29, 1.82) is 5.26 Å². The molecule has 0 N–H and O–H groups in total. The molecule has 4 heteroatoms. The minimum atomic E-state index is 0. The molecule has 0 aliphatic carbocycles. The maximum absolute atomic E-state index is 8.56. The van der Waals surface area contributed by atoms with E-state index in [4.69, 9.17) is 10.00 Å². The Morgan fingerprint density at radius 1 is 1.00 bits per heavy atom. The Kier molecular flexibility index (Phi) is 4.31. The van der Waals surface area contributed by atoms with Gasteiger partial charge in [0.2, 0.25) is 0 Å². The van der Waals surface area contributed by atoms with E-state index in [0.717, 1.165) is 5.75 Å². The van der Waals surface area contributed by atoms with E-state index in [1.165, 1.54) is 6.20 Å². The van der Waals surface area contributed by atoms with Crippen molar-refractivity contribution in [2.24, 2.45) is 0 Å². The van der Waals surface area contributed by atoms with Crippen LogP contribution >= 0.6 is 12.4 Å². The molecule has 1 heterocycles. The lowest BCUT2D eigenvalue weighted by Gasteiger charge is -2.03. The fraction of sp³-hybridized carbons (Fsp3) is 0. The minimum Gasteiger partial charge on any atom is -0.456 e. The summed E-state index contributed by atoms with van der Waals surface area (Å²) in [5, 5.41) is 8.56. The molecule has 0 saturated heterocycles. The molecule has 0 spiro atoms. The summed E-state index contributed by atoms with van der Waals surface area (Å²) in [7, 11) is 0. The molecule has 0 bridgehead atoms. The summed E-state index contributed by atoms with van der Waals surface area (Å²) in [6, 6.07) is 14.7. The Morgan fingerprint density at radius 2 is 1.75 bits per heavy atom. The van der Waals surface area contributed by atoms with Crippen molar-refractivity contribution in [2.45, 2.75) is 0 Å². The highest BCUT2D eigenvalue weighted by Gasteiger charge is 1.97. The third-order valence-electron chi connectivity index (χ3n) is 1.83. The molecule has 0 atom stereocenters. The molecule has 0 saturated carbocycles. The summed E-state index contributed by atoms with van der Waals surface area (Å²) < 4.78 is 5.51. The summed E-state index contributed by atoms with van der Waals surface area (Å²) in [5.74, 6) is 1.38. The molecule has 0 unspecified atom stereocenters. The first-order valence-corrected chi connectivity index (χ1v) is 4.47. The van der Waals surface area contributed by atoms with E-state index in [9.17, 15) is 0 Å². The van der Waals surface area contributed by atoms with Gasteiger partial charge in [-0.3, -0.25) is 0 Å². The summed E-state index contributed by atoms with van der Waals surface area (Å²) in [6.45, 7) is 0. The van der Waals surface area contributed by atoms with Crippen LogP contribution in [-0.2, 0) is 0 Å². The zero-order valence-corrected chi connectivity index (χ0v) is 9.15. The predicted octanol–water partition coefficient (Wildman–Crippen LogP) is 3.17. The lowest BCUT2D eigenvalue weighted by atomic mass is 10.3. The number of nitrogens with zero attached hydrogens (tertiary/aromatic N) is 2. The predicted molar refractivity (Wildman–Crippen MR) is 62.7 cm³/mol. The Bertz CT molecular complexity index is 477. The quantitative estimate of drug-likeness (QED) is 0.799.